The molecule has 1 fully saturated rings. The van der Waals surface area contributed by atoms with Crippen LogP contribution in [0.5, 0.6) is 0 Å². The number of rotatable bonds is 1. The van der Waals surface area contributed by atoms with Crippen LogP contribution in [0.15, 0.2) is 23.1 Å². The van der Waals surface area contributed by atoms with Gasteiger partial charge in [0.15, 0.2) is 9.84 Å². The SMILES string of the molecule is CS(=O)(=O)c1cccc2c1NC(=O)CC1(CCCCC1)N2. The summed E-state index contributed by atoms with van der Waals surface area (Å²) in [6.07, 6.45) is 6.84. The molecule has 0 unspecified atom stereocenters. The minimum absolute atomic E-state index is 0.112. The molecule has 3 rings (SSSR count). The Bertz CT molecular complexity index is 676. The third-order valence-electron chi connectivity index (χ3n) is 4.40. The van der Waals surface area contributed by atoms with Crippen molar-refractivity contribution < 1.29 is 13.2 Å². The third-order valence-corrected chi connectivity index (χ3v) is 5.54. The second-order valence-electron chi connectivity index (χ2n) is 6.14. The molecule has 0 atom stereocenters. The summed E-state index contributed by atoms with van der Waals surface area (Å²) in [5, 5.41) is 6.26. The van der Waals surface area contributed by atoms with Gasteiger partial charge in [-0.3, -0.25) is 4.79 Å². The molecule has 5 nitrogen and oxygen atoms in total. The average Bonchev–Trinajstić information content (AvgIpc) is 2.53. The number of carbonyl (C=O) groups excluding carboxylic acids is 1. The molecule has 0 aromatic heterocycles. The number of amides is 1. The molecule has 0 saturated heterocycles. The van der Waals surface area contributed by atoms with E-state index in [1.807, 2.05) is 6.07 Å². The molecule has 0 radical (unpaired) electrons. The van der Waals surface area contributed by atoms with Crippen molar-refractivity contribution in [3.05, 3.63) is 18.2 Å². The lowest BCUT2D eigenvalue weighted by atomic mass is 9.79. The van der Waals surface area contributed by atoms with Gasteiger partial charge in [0, 0.05) is 18.2 Å². The Morgan fingerprint density at radius 1 is 1.14 bits per heavy atom. The first-order valence-electron chi connectivity index (χ1n) is 7.31. The van der Waals surface area contributed by atoms with Crippen molar-refractivity contribution >= 4 is 27.1 Å². The van der Waals surface area contributed by atoms with Crippen molar-refractivity contribution in [2.45, 2.75) is 49.0 Å². The summed E-state index contributed by atoms with van der Waals surface area (Å²) in [5.41, 5.74) is 0.877. The number of carbonyl (C=O) groups is 1. The van der Waals surface area contributed by atoms with Gasteiger partial charge in [0.1, 0.15) is 0 Å². The predicted octanol–water partition coefficient (Wildman–Crippen LogP) is 2.55. The highest BCUT2D eigenvalue weighted by atomic mass is 32.2. The number of benzene rings is 1. The maximum atomic E-state index is 12.3. The lowest BCUT2D eigenvalue weighted by Crippen LogP contribution is -2.41. The normalized spacial score (nSPS) is 21.1. The Hall–Kier alpha value is -1.56. The van der Waals surface area contributed by atoms with Crippen LogP contribution >= 0.6 is 0 Å². The van der Waals surface area contributed by atoms with Crippen molar-refractivity contribution in [2.75, 3.05) is 16.9 Å². The van der Waals surface area contributed by atoms with E-state index in [0.717, 1.165) is 31.9 Å². The van der Waals surface area contributed by atoms with Gasteiger partial charge in [-0.1, -0.05) is 25.3 Å². The quantitative estimate of drug-likeness (QED) is 0.836. The van der Waals surface area contributed by atoms with Crippen LogP contribution in [0, 0.1) is 0 Å². The van der Waals surface area contributed by atoms with Crippen molar-refractivity contribution in [3.8, 4) is 0 Å². The molecule has 1 heterocycles. The van der Waals surface area contributed by atoms with Crippen LogP contribution in [-0.4, -0.2) is 26.1 Å². The largest absolute Gasteiger partial charge is 0.377 e. The van der Waals surface area contributed by atoms with Gasteiger partial charge in [0.25, 0.3) is 0 Å². The van der Waals surface area contributed by atoms with Crippen LogP contribution < -0.4 is 10.6 Å². The fourth-order valence-electron chi connectivity index (χ4n) is 3.42. The van der Waals surface area contributed by atoms with Gasteiger partial charge in [-0.15, -0.1) is 0 Å². The highest BCUT2D eigenvalue weighted by molar-refractivity contribution is 7.90. The van der Waals surface area contributed by atoms with E-state index in [0.29, 0.717) is 17.8 Å². The summed E-state index contributed by atoms with van der Waals surface area (Å²) in [5.74, 6) is -0.112. The Morgan fingerprint density at radius 2 is 1.86 bits per heavy atom. The van der Waals surface area contributed by atoms with Crippen LogP contribution in [0.4, 0.5) is 11.4 Å². The van der Waals surface area contributed by atoms with E-state index in [1.165, 1.54) is 12.5 Å². The Kier molecular flexibility index (Phi) is 3.43. The number of nitrogens with one attached hydrogen (secondary N) is 2. The molecule has 1 amide bonds. The molecule has 0 bridgehead atoms. The number of hydrogen-bond acceptors (Lipinski definition) is 4. The van der Waals surface area contributed by atoms with E-state index in [-0.39, 0.29) is 16.3 Å². The van der Waals surface area contributed by atoms with Crippen LogP contribution in [0.1, 0.15) is 38.5 Å². The molecule has 1 aromatic carbocycles. The molecule has 6 heteroatoms. The lowest BCUT2D eigenvalue weighted by Gasteiger charge is -2.37. The molecule has 2 aliphatic rings. The van der Waals surface area contributed by atoms with E-state index < -0.39 is 9.84 Å². The van der Waals surface area contributed by atoms with Crippen molar-refractivity contribution in [2.24, 2.45) is 0 Å². The van der Waals surface area contributed by atoms with Crippen molar-refractivity contribution in [3.63, 3.8) is 0 Å². The summed E-state index contributed by atoms with van der Waals surface area (Å²) in [6.45, 7) is 0. The molecule has 2 N–H and O–H groups in total. The fourth-order valence-corrected chi connectivity index (χ4v) is 4.28. The van der Waals surface area contributed by atoms with E-state index in [9.17, 15) is 13.2 Å². The summed E-state index contributed by atoms with van der Waals surface area (Å²) in [4.78, 5) is 12.4. The maximum Gasteiger partial charge on any atom is 0.226 e. The highest BCUT2D eigenvalue weighted by Gasteiger charge is 2.37. The molecule has 114 valence electrons. The summed E-state index contributed by atoms with van der Waals surface area (Å²) in [7, 11) is -3.38. The first-order valence-corrected chi connectivity index (χ1v) is 9.20. The molecular formula is C15H20N2O3S. The molecule has 1 aliphatic heterocycles. The predicted molar refractivity (Wildman–Crippen MR) is 82.2 cm³/mol. The van der Waals surface area contributed by atoms with Crippen molar-refractivity contribution in [1.82, 2.24) is 0 Å². The van der Waals surface area contributed by atoms with E-state index in [2.05, 4.69) is 10.6 Å². The summed E-state index contributed by atoms with van der Waals surface area (Å²) >= 11 is 0. The number of anilines is 2. The number of sulfone groups is 1. The monoisotopic (exact) mass is 308 g/mol. The van der Waals surface area contributed by atoms with Gasteiger partial charge in [0.05, 0.1) is 16.3 Å². The smallest absolute Gasteiger partial charge is 0.226 e. The second kappa shape index (κ2) is 5.02. The highest BCUT2D eigenvalue weighted by Crippen LogP contribution is 2.41. The zero-order valence-corrected chi connectivity index (χ0v) is 12.9. The summed E-state index contributed by atoms with van der Waals surface area (Å²) in [6, 6.07) is 5.09. The van der Waals surface area contributed by atoms with Gasteiger partial charge >= 0.3 is 0 Å². The first-order chi connectivity index (χ1) is 9.90. The van der Waals surface area contributed by atoms with Gasteiger partial charge in [0.2, 0.25) is 5.91 Å². The lowest BCUT2D eigenvalue weighted by molar-refractivity contribution is -0.117. The van der Waals surface area contributed by atoms with Crippen LogP contribution in [0.2, 0.25) is 0 Å². The van der Waals surface area contributed by atoms with Crippen LogP contribution in [0.3, 0.4) is 0 Å². The second-order valence-corrected chi connectivity index (χ2v) is 8.13. The average molecular weight is 308 g/mol. The minimum atomic E-state index is -3.38. The first kappa shape index (κ1) is 14.4. The Balaban J connectivity index is 2.09. The Morgan fingerprint density at radius 3 is 2.52 bits per heavy atom. The van der Waals surface area contributed by atoms with E-state index in [1.54, 1.807) is 6.07 Å². The molecule has 1 spiro atoms. The Labute approximate surface area is 125 Å². The zero-order valence-electron chi connectivity index (χ0n) is 12.1. The molecule has 1 aliphatic carbocycles. The standard InChI is InChI=1S/C15H20N2O3S/c1-21(19,20)12-7-5-6-11-14(12)16-13(18)10-15(17-11)8-3-2-4-9-15/h5-7,17H,2-4,8-10H2,1H3,(H,16,18). The van der Waals surface area contributed by atoms with Crippen LogP contribution in [-0.2, 0) is 14.6 Å². The van der Waals surface area contributed by atoms with Gasteiger partial charge in [-0.05, 0) is 25.0 Å². The van der Waals surface area contributed by atoms with Gasteiger partial charge in [-0.2, -0.15) is 0 Å². The molecule has 21 heavy (non-hydrogen) atoms. The number of para-hydroxylation sites is 1. The van der Waals surface area contributed by atoms with E-state index in [4.69, 9.17) is 0 Å². The maximum absolute atomic E-state index is 12.3. The molecule has 1 saturated carbocycles. The molecular weight excluding hydrogens is 288 g/mol. The zero-order chi connectivity index (χ0) is 15.1. The number of hydrogen-bond donors (Lipinski definition) is 2. The summed E-state index contributed by atoms with van der Waals surface area (Å²) < 4.78 is 23.8. The van der Waals surface area contributed by atoms with Crippen LogP contribution in [0.25, 0.3) is 0 Å². The topological polar surface area (TPSA) is 75.3 Å². The van der Waals surface area contributed by atoms with Gasteiger partial charge in [-0.25, -0.2) is 8.42 Å². The minimum Gasteiger partial charge on any atom is -0.377 e. The van der Waals surface area contributed by atoms with Crippen molar-refractivity contribution in [1.29, 1.82) is 0 Å². The number of fused-ring (bicyclic) bond motifs is 1. The molecule has 1 aromatic rings. The van der Waals surface area contributed by atoms with Gasteiger partial charge < -0.3 is 10.6 Å². The fraction of sp³-hybridized carbons (Fsp3) is 0.533. The van der Waals surface area contributed by atoms with E-state index >= 15 is 0 Å². The third kappa shape index (κ3) is 2.77.